The van der Waals surface area contributed by atoms with Gasteiger partial charge in [-0.1, -0.05) is 24.3 Å². The lowest BCUT2D eigenvalue weighted by Crippen LogP contribution is -2.32. The maximum atomic E-state index is 13.0. The van der Waals surface area contributed by atoms with Crippen LogP contribution in [-0.2, 0) is 32.8 Å². The third-order valence-electron chi connectivity index (χ3n) is 3.81. The van der Waals surface area contributed by atoms with Crippen LogP contribution in [0.4, 0.5) is 8.68 Å². The molecule has 1 atom stereocenters. The van der Waals surface area contributed by atoms with Crippen LogP contribution in [0.25, 0.3) is 0 Å². The van der Waals surface area contributed by atoms with Crippen molar-refractivity contribution in [1.82, 2.24) is 10.2 Å². The van der Waals surface area contributed by atoms with Gasteiger partial charge in [0.05, 0.1) is 0 Å². The number of alkyl carbamates (subject to hydrolysis) is 1. The average molecular weight is 386 g/mol. The molecular formula is C17H23FN2O5S. The van der Waals surface area contributed by atoms with Crippen LogP contribution in [0.5, 0.6) is 0 Å². The Bertz CT molecular complexity index is 771. The van der Waals surface area contributed by atoms with Gasteiger partial charge in [0.1, 0.15) is 10.9 Å². The Hall–Kier alpha value is -2.16. The molecule has 0 aromatic heterocycles. The summed E-state index contributed by atoms with van der Waals surface area (Å²) in [6.45, 7) is 5.70. The van der Waals surface area contributed by atoms with E-state index < -0.39 is 27.2 Å². The number of halogens is 1. The van der Waals surface area contributed by atoms with E-state index in [9.17, 15) is 21.9 Å². The number of carbonyl (C=O) groups excluding carboxylic acids is 2. The zero-order chi connectivity index (χ0) is 19.5. The Morgan fingerprint density at radius 1 is 1.27 bits per heavy atom. The van der Waals surface area contributed by atoms with E-state index in [4.69, 9.17) is 4.74 Å². The van der Waals surface area contributed by atoms with Crippen molar-refractivity contribution in [3.63, 3.8) is 0 Å². The number of likely N-dealkylation sites (tertiary alicyclic amines) is 1. The van der Waals surface area contributed by atoms with Crippen molar-refractivity contribution in [1.29, 1.82) is 0 Å². The van der Waals surface area contributed by atoms with E-state index in [0.29, 0.717) is 6.54 Å². The van der Waals surface area contributed by atoms with Crippen LogP contribution in [0, 0.1) is 0 Å². The van der Waals surface area contributed by atoms with Gasteiger partial charge >= 0.3 is 16.3 Å². The highest BCUT2D eigenvalue weighted by atomic mass is 32.3. The van der Waals surface area contributed by atoms with Gasteiger partial charge in [-0.3, -0.25) is 4.79 Å². The SMILES string of the molecule is CC(C)(C)OC(=O)NCc1ccc(CN2CC(S(=O)(=O)F)CC2=O)cc1. The minimum Gasteiger partial charge on any atom is -0.444 e. The number of rotatable bonds is 5. The summed E-state index contributed by atoms with van der Waals surface area (Å²) < 4.78 is 40.1. The fourth-order valence-electron chi connectivity index (χ4n) is 2.55. The van der Waals surface area contributed by atoms with Gasteiger partial charge in [-0.2, -0.15) is 8.42 Å². The van der Waals surface area contributed by atoms with E-state index in [1.54, 1.807) is 45.0 Å². The predicted octanol–water partition coefficient (Wildman–Crippen LogP) is 2.11. The van der Waals surface area contributed by atoms with E-state index in [-0.39, 0.29) is 25.4 Å². The highest BCUT2D eigenvalue weighted by Crippen LogP contribution is 2.21. The van der Waals surface area contributed by atoms with Crippen molar-refractivity contribution in [2.75, 3.05) is 6.54 Å². The third-order valence-corrected chi connectivity index (χ3v) is 4.92. The molecule has 0 aliphatic carbocycles. The minimum atomic E-state index is -4.71. The van der Waals surface area contributed by atoms with E-state index in [1.807, 2.05) is 0 Å². The molecule has 0 radical (unpaired) electrons. The molecule has 7 nitrogen and oxygen atoms in total. The van der Waals surface area contributed by atoms with Crippen LogP contribution < -0.4 is 5.32 Å². The van der Waals surface area contributed by atoms with E-state index in [0.717, 1.165) is 11.1 Å². The molecule has 1 unspecified atom stereocenters. The first-order valence-corrected chi connectivity index (χ1v) is 9.64. The van der Waals surface area contributed by atoms with Gasteiger partial charge in [0.2, 0.25) is 5.91 Å². The summed E-state index contributed by atoms with van der Waals surface area (Å²) in [4.78, 5) is 24.8. The molecule has 1 fully saturated rings. The number of benzene rings is 1. The number of hydrogen-bond acceptors (Lipinski definition) is 5. The highest BCUT2D eigenvalue weighted by Gasteiger charge is 2.38. The molecule has 0 bridgehead atoms. The van der Waals surface area contributed by atoms with Crippen molar-refractivity contribution in [3.05, 3.63) is 35.4 Å². The van der Waals surface area contributed by atoms with Crippen molar-refractivity contribution < 1.29 is 26.6 Å². The molecule has 1 aliphatic heterocycles. The molecule has 1 saturated heterocycles. The molecule has 9 heteroatoms. The molecular weight excluding hydrogens is 363 g/mol. The van der Waals surface area contributed by atoms with Gasteiger partial charge < -0.3 is 15.0 Å². The molecule has 2 rings (SSSR count). The van der Waals surface area contributed by atoms with Crippen molar-refractivity contribution in [2.45, 2.75) is 51.1 Å². The fourth-order valence-corrected chi connectivity index (χ4v) is 3.25. The second-order valence-electron chi connectivity index (χ2n) is 7.25. The van der Waals surface area contributed by atoms with Gasteiger partial charge in [-0.15, -0.1) is 3.89 Å². The lowest BCUT2D eigenvalue weighted by molar-refractivity contribution is -0.128. The molecule has 0 spiro atoms. The van der Waals surface area contributed by atoms with Crippen LogP contribution in [0.2, 0.25) is 0 Å². The number of nitrogens with zero attached hydrogens (tertiary/aromatic N) is 1. The zero-order valence-corrected chi connectivity index (χ0v) is 15.8. The van der Waals surface area contributed by atoms with E-state index in [2.05, 4.69) is 5.32 Å². The first kappa shape index (κ1) is 20.2. The molecule has 1 aliphatic rings. The van der Waals surface area contributed by atoms with Crippen LogP contribution in [0.1, 0.15) is 38.3 Å². The first-order valence-electron chi connectivity index (χ1n) is 8.20. The number of carbonyl (C=O) groups is 2. The topological polar surface area (TPSA) is 92.8 Å². The molecule has 26 heavy (non-hydrogen) atoms. The average Bonchev–Trinajstić information content (AvgIpc) is 2.86. The Morgan fingerprint density at radius 2 is 1.85 bits per heavy atom. The van der Waals surface area contributed by atoms with E-state index in [1.165, 1.54) is 4.90 Å². The Morgan fingerprint density at radius 3 is 2.35 bits per heavy atom. The molecule has 1 aromatic carbocycles. The summed E-state index contributed by atoms with van der Waals surface area (Å²) in [6, 6.07) is 7.13. The fraction of sp³-hybridized carbons (Fsp3) is 0.529. The van der Waals surface area contributed by atoms with Crippen LogP contribution in [0.15, 0.2) is 24.3 Å². The summed E-state index contributed by atoms with van der Waals surface area (Å²) in [7, 11) is -4.71. The van der Waals surface area contributed by atoms with Gasteiger partial charge in [-0.25, -0.2) is 4.79 Å². The first-order chi connectivity index (χ1) is 11.9. The van der Waals surface area contributed by atoms with Gasteiger partial charge in [0, 0.05) is 26.1 Å². The Balaban J connectivity index is 1.88. The Labute approximate surface area is 152 Å². The van der Waals surface area contributed by atoms with Crippen molar-refractivity contribution >= 4 is 22.2 Å². The normalized spacial score (nSPS) is 18.1. The monoisotopic (exact) mass is 386 g/mol. The summed E-state index contributed by atoms with van der Waals surface area (Å²) in [5, 5.41) is 1.36. The number of ether oxygens (including phenoxy) is 1. The maximum Gasteiger partial charge on any atom is 0.407 e. The molecule has 1 N–H and O–H groups in total. The second kappa shape index (κ2) is 7.61. The summed E-state index contributed by atoms with van der Waals surface area (Å²) in [5.74, 6) is -0.383. The minimum absolute atomic E-state index is 0.139. The lowest BCUT2D eigenvalue weighted by Gasteiger charge is -2.19. The number of amides is 2. The summed E-state index contributed by atoms with van der Waals surface area (Å²) >= 11 is 0. The van der Waals surface area contributed by atoms with Crippen LogP contribution in [0.3, 0.4) is 0 Å². The van der Waals surface area contributed by atoms with Crippen LogP contribution in [-0.4, -0.2) is 42.7 Å². The molecule has 1 aromatic rings. The number of nitrogens with one attached hydrogen (secondary N) is 1. The molecule has 144 valence electrons. The lowest BCUT2D eigenvalue weighted by atomic mass is 10.1. The smallest absolute Gasteiger partial charge is 0.407 e. The van der Waals surface area contributed by atoms with Crippen molar-refractivity contribution in [2.24, 2.45) is 0 Å². The quantitative estimate of drug-likeness (QED) is 0.783. The second-order valence-corrected chi connectivity index (χ2v) is 8.87. The molecule has 2 amide bonds. The maximum absolute atomic E-state index is 13.0. The highest BCUT2D eigenvalue weighted by molar-refractivity contribution is 7.87. The predicted molar refractivity (Wildman–Crippen MR) is 93.4 cm³/mol. The standard InChI is InChI=1S/C17H23FN2O5S/c1-17(2,3)25-16(22)19-9-12-4-6-13(7-5-12)10-20-11-14(8-15(20)21)26(18,23)24/h4-7,14H,8-11H2,1-3H3,(H,19,22). The van der Waals surface area contributed by atoms with Gasteiger partial charge in [0.15, 0.2) is 0 Å². The van der Waals surface area contributed by atoms with Crippen LogP contribution >= 0.6 is 0 Å². The van der Waals surface area contributed by atoms with E-state index >= 15 is 0 Å². The molecule has 1 heterocycles. The largest absolute Gasteiger partial charge is 0.444 e. The Kier molecular flexibility index (Phi) is 5.90. The van der Waals surface area contributed by atoms with Gasteiger partial charge in [-0.05, 0) is 31.9 Å². The van der Waals surface area contributed by atoms with Crippen molar-refractivity contribution in [3.8, 4) is 0 Å². The summed E-state index contributed by atoms with van der Waals surface area (Å²) in [5.41, 5.74) is 1.06. The van der Waals surface area contributed by atoms with Gasteiger partial charge in [0.25, 0.3) is 0 Å². The summed E-state index contributed by atoms with van der Waals surface area (Å²) in [6.07, 6.45) is -0.834. The zero-order valence-electron chi connectivity index (χ0n) is 15.0. The number of hydrogen-bond donors (Lipinski definition) is 1. The molecule has 0 saturated carbocycles. The third kappa shape index (κ3) is 5.98.